The second-order valence-corrected chi connectivity index (χ2v) is 14.3. The zero-order chi connectivity index (χ0) is 32.1. The summed E-state index contributed by atoms with van der Waals surface area (Å²) >= 11 is 0. The lowest BCUT2D eigenvalue weighted by molar-refractivity contribution is 0.316. The molecule has 0 aliphatic heterocycles. The molecule has 7 aromatic carbocycles. The first-order valence-electron chi connectivity index (χ1n) is 17.4. The highest BCUT2D eigenvalue weighted by molar-refractivity contribution is 6.14. The standard InChI is InChI=1S/C47H37N/c1-3-45(2)43-30-36(25-26-42(43)46-27-10-11-28-47(45,46)31-46)48(44-29-34-14-5-7-17-39(34)40-18-8-9-19-41(40)44)35-23-21-33(22-24-35)38-20-12-15-32-13-4-6-16-37(32)38/h4-30H,3,31H2,1-2H3. The van der Waals surface area contributed by atoms with Crippen molar-refractivity contribution in [1.29, 1.82) is 0 Å². The van der Waals surface area contributed by atoms with E-state index in [4.69, 9.17) is 0 Å². The minimum atomic E-state index is 0.0783. The highest BCUT2D eigenvalue weighted by Crippen LogP contribution is 2.81. The van der Waals surface area contributed by atoms with Crippen LogP contribution in [0.3, 0.4) is 0 Å². The predicted octanol–water partition coefficient (Wildman–Crippen LogP) is 12.7. The number of nitrogens with zero attached hydrogens (tertiary/aromatic N) is 1. The number of allylic oxidation sites excluding steroid dienone is 4. The zero-order valence-corrected chi connectivity index (χ0v) is 27.4. The summed E-state index contributed by atoms with van der Waals surface area (Å²) in [4.78, 5) is 2.51. The molecule has 1 heteroatoms. The van der Waals surface area contributed by atoms with Gasteiger partial charge in [-0.2, -0.15) is 0 Å². The van der Waals surface area contributed by atoms with Gasteiger partial charge >= 0.3 is 0 Å². The van der Waals surface area contributed by atoms with Crippen molar-refractivity contribution in [3.63, 3.8) is 0 Å². The van der Waals surface area contributed by atoms with E-state index in [2.05, 4.69) is 183 Å². The summed E-state index contributed by atoms with van der Waals surface area (Å²) in [7, 11) is 0. The van der Waals surface area contributed by atoms with E-state index in [0.717, 1.165) is 12.1 Å². The van der Waals surface area contributed by atoms with Crippen molar-refractivity contribution >= 4 is 49.4 Å². The molecule has 1 saturated carbocycles. The molecule has 0 heterocycles. The van der Waals surface area contributed by atoms with Gasteiger partial charge in [-0.1, -0.05) is 147 Å². The first-order chi connectivity index (χ1) is 23.6. The van der Waals surface area contributed by atoms with Gasteiger partial charge in [-0.15, -0.1) is 0 Å². The second-order valence-electron chi connectivity index (χ2n) is 14.3. The molecule has 3 unspecified atom stereocenters. The van der Waals surface area contributed by atoms with E-state index in [1.165, 1.54) is 72.4 Å². The van der Waals surface area contributed by atoms with Crippen LogP contribution in [0.15, 0.2) is 164 Å². The number of benzene rings is 7. The van der Waals surface area contributed by atoms with Crippen LogP contribution in [0.25, 0.3) is 43.4 Å². The first-order valence-corrected chi connectivity index (χ1v) is 17.4. The molecule has 1 nitrogen and oxygen atoms in total. The molecule has 0 N–H and O–H groups in total. The molecule has 0 radical (unpaired) electrons. The summed E-state index contributed by atoms with van der Waals surface area (Å²) < 4.78 is 0. The average molecular weight is 616 g/mol. The molecule has 0 saturated heterocycles. The molecule has 3 aliphatic carbocycles. The van der Waals surface area contributed by atoms with Crippen LogP contribution < -0.4 is 4.90 Å². The van der Waals surface area contributed by atoms with Gasteiger partial charge in [0.2, 0.25) is 0 Å². The van der Waals surface area contributed by atoms with Gasteiger partial charge in [0, 0.05) is 33.0 Å². The Labute approximate surface area is 282 Å². The monoisotopic (exact) mass is 615 g/mol. The Morgan fingerprint density at radius 1 is 0.562 bits per heavy atom. The van der Waals surface area contributed by atoms with E-state index < -0.39 is 0 Å². The predicted molar refractivity (Wildman–Crippen MR) is 204 cm³/mol. The number of fused-ring (bicyclic) bond motifs is 5. The SMILES string of the molecule is CCC1(C)c2cc(N(c3ccc(-c4cccc5ccccc45)cc3)c3cc4ccccc4c4ccccc34)ccc2C23C=CC=CC12C3. The number of hydrogen-bond acceptors (Lipinski definition) is 1. The average Bonchev–Trinajstić information content (AvgIpc) is 3.83. The van der Waals surface area contributed by atoms with Crippen molar-refractivity contribution < 1.29 is 0 Å². The van der Waals surface area contributed by atoms with Crippen LogP contribution >= 0.6 is 0 Å². The third-order valence-electron chi connectivity index (χ3n) is 12.3. The van der Waals surface area contributed by atoms with Crippen LogP contribution in [0, 0.1) is 5.41 Å². The molecule has 0 bridgehead atoms. The fourth-order valence-electron chi connectivity index (χ4n) is 9.72. The Hall–Kier alpha value is -5.40. The Morgan fingerprint density at radius 2 is 1.23 bits per heavy atom. The van der Waals surface area contributed by atoms with E-state index in [-0.39, 0.29) is 16.2 Å². The summed E-state index contributed by atoms with van der Waals surface area (Å²) in [5, 5.41) is 7.63. The maximum absolute atomic E-state index is 2.53. The molecule has 3 atom stereocenters. The fourth-order valence-corrected chi connectivity index (χ4v) is 9.72. The third-order valence-corrected chi connectivity index (χ3v) is 12.3. The Balaban J connectivity index is 1.20. The molecule has 0 spiro atoms. The van der Waals surface area contributed by atoms with E-state index in [1.54, 1.807) is 0 Å². The smallest absolute Gasteiger partial charge is 0.0546 e. The Morgan fingerprint density at radius 3 is 2.04 bits per heavy atom. The second kappa shape index (κ2) is 9.81. The van der Waals surface area contributed by atoms with Gasteiger partial charge in [0.1, 0.15) is 0 Å². The summed E-state index contributed by atoms with van der Waals surface area (Å²) in [6.07, 6.45) is 11.9. The lowest BCUT2D eigenvalue weighted by Crippen LogP contribution is -2.31. The minimum absolute atomic E-state index is 0.0783. The van der Waals surface area contributed by atoms with Crippen LogP contribution in [0.5, 0.6) is 0 Å². The Bertz CT molecular complexity index is 2500. The van der Waals surface area contributed by atoms with E-state index in [0.29, 0.717) is 0 Å². The van der Waals surface area contributed by atoms with Gasteiger partial charge in [0.25, 0.3) is 0 Å². The molecule has 7 aromatic rings. The van der Waals surface area contributed by atoms with Gasteiger partial charge in [0.05, 0.1) is 5.69 Å². The number of hydrogen-bond donors (Lipinski definition) is 0. The molecular formula is C47H37N. The van der Waals surface area contributed by atoms with Crippen LogP contribution in [0.1, 0.15) is 37.8 Å². The van der Waals surface area contributed by atoms with Crippen molar-refractivity contribution in [3.05, 3.63) is 175 Å². The van der Waals surface area contributed by atoms with Crippen molar-refractivity contribution in [3.8, 4) is 11.1 Å². The molecule has 3 aliphatic rings. The topological polar surface area (TPSA) is 3.24 Å². The Kier molecular flexibility index (Phi) is 5.66. The molecule has 0 amide bonds. The maximum Gasteiger partial charge on any atom is 0.0546 e. The van der Waals surface area contributed by atoms with Crippen molar-refractivity contribution in [2.45, 2.75) is 37.5 Å². The van der Waals surface area contributed by atoms with E-state index in [9.17, 15) is 0 Å². The first kappa shape index (κ1) is 27.7. The van der Waals surface area contributed by atoms with Crippen LogP contribution in [-0.4, -0.2) is 0 Å². The quantitative estimate of drug-likeness (QED) is 0.174. The van der Waals surface area contributed by atoms with Crippen molar-refractivity contribution in [2.24, 2.45) is 5.41 Å². The lowest BCUT2D eigenvalue weighted by atomic mass is 9.68. The highest BCUT2D eigenvalue weighted by atomic mass is 15.1. The molecule has 230 valence electrons. The maximum atomic E-state index is 2.53. The fraction of sp³-hybridized carbons (Fsp3) is 0.149. The highest BCUT2D eigenvalue weighted by Gasteiger charge is 2.77. The summed E-state index contributed by atoms with van der Waals surface area (Å²) in [5.74, 6) is 0. The van der Waals surface area contributed by atoms with Gasteiger partial charge in [-0.3, -0.25) is 0 Å². The molecular weight excluding hydrogens is 579 g/mol. The number of anilines is 3. The zero-order valence-electron chi connectivity index (χ0n) is 27.4. The van der Waals surface area contributed by atoms with Crippen LogP contribution in [-0.2, 0) is 10.8 Å². The summed E-state index contributed by atoms with van der Waals surface area (Å²) in [6, 6.07) is 52.0. The molecule has 10 rings (SSSR count). The van der Waals surface area contributed by atoms with Crippen molar-refractivity contribution in [1.82, 2.24) is 0 Å². The largest absolute Gasteiger partial charge is 0.310 e. The molecule has 0 aromatic heterocycles. The third kappa shape index (κ3) is 3.51. The summed E-state index contributed by atoms with van der Waals surface area (Å²) in [5.41, 5.74) is 9.50. The number of rotatable bonds is 5. The van der Waals surface area contributed by atoms with Gasteiger partial charge in [-0.25, -0.2) is 0 Å². The normalized spacial score (nSPS) is 23.3. The van der Waals surface area contributed by atoms with Crippen LogP contribution in [0.4, 0.5) is 17.1 Å². The van der Waals surface area contributed by atoms with E-state index in [1.807, 2.05) is 0 Å². The molecule has 48 heavy (non-hydrogen) atoms. The lowest BCUT2D eigenvalue weighted by Gasteiger charge is -2.35. The van der Waals surface area contributed by atoms with Crippen LogP contribution in [0.2, 0.25) is 0 Å². The summed E-state index contributed by atoms with van der Waals surface area (Å²) in [6.45, 7) is 4.90. The van der Waals surface area contributed by atoms with Crippen molar-refractivity contribution in [2.75, 3.05) is 4.90 Å². The molecule has 1 fully saturated rings. The van der Waals surface area contributed by atoms with E-state index >= 15 is 0 Å². The van der Waals surface area contributed by atoms with Gasteiger partial charge in [0.15, 0.2) is 0 Å². The van der Waals surface area contributed by atoms with Gasteiger partial charge < -0.3 is 4.90 Å². The van der Waals surface area contributed by atoms with Gasteiger partial charge in [-0.05, 0) is 92.4 Å². The minimum Gasteiger partial charge on any atom is -0.310 e.